The van der Waals surface area contributed by atoms with E-state index in [9.17, 15) is 9.59 Å². The van der Waals surface area contributed by atoms with Gasteiger partial charge in [-0.1, -0.05) is 26.2 Å². The highest BCUT2D eigenvalue weighted by atomic mass is 32.2. The van der Waals surface area contributed by atoms with Gasteiger partial charge < -0.3 is 14.5 Å². The summed E-state index contributed by atoms with van der Waals surface area (Å²) in [5, 5.41) is 0.835. The van der Waals surface area contributed by atoms with E-state index in [4.69, 9.17) is 9.72 Å². The van der Waals surface area contributed by atoms with Crippen molar-refractivity contribution < 1.29 is 14.3 Å². The Balaban J connectivity index is 1.77. The number of aromatic nitrogens is 1. The summed E-state index contributed by atoms with van der Waals surface area (Å²) in [6, 6.07) is 4.29. The number of anilines is 1. The molecule has 0 N–H and O–H groups in total. The maximum Gasteiger partial charge on any atom is 0.305 e. The van der Waals surface area contributed by atoms with Crippen molar-refractivity contribution in [2.24, 2.45) is 5.92 Å². The van der Waals surface area contributed by atoms with Crippen LogP contribution in [0.5, 0.6) is 0 Å². The average molecular weight is 448 g/mol. The first-order valence-corrected chi connectivity index (χ1v) is 12.7. The Hall–Kier alpha value is -1.76. The third kappa shape index (κ3) is 6.37. The molecule has 2 fully saturated rings. The normalized spacial score (nSPS) is 19.8. The summed E-state index contributed by atoms with van der Waals surface area (Å²) in [5.74, 6) is 2.07. The SMILES string of the molecule is CCCSc1nc(N2CCC[C@H](CC(=O)OC)C2)ccc1C(=O)N(C)C1CCCCC1. The van der Waals surface area contributed by atoms with Gasteiger partial charge in [0.15, 0.2) is 0 Å². The monoisotopic (exact) mass is 447 g/mol. The van der Waals surface area contributed by atoms with Crippen molar-refractivity contribution in [2.45, 2.75) is 75.8 Å². The number of thioether (sulfide) groups is 1. The van der Waals surface area contributed by atoms with Gasteiger partial charge in [0.25, 0.3) is 5.91 Å². The maximum absolute atomic E-state index is 13.3. The smallest absolute Gasteiger partial charge is 0.305 e. The quantitative estimate of drug-likeness (QED) is 0.423. The number of nitrogens with zero attached hydrogens (tertiary/aromatic N) is 3. The van der Waals surface area contributed by atoms with E-state index in [2.05, 4.69) is 11.8 Å². The summed E-state index contributed by atoms with van der Waals surface area (Å²) < 4.78 is 4.85. The molecule has 172 valence electrons. The number of carbonyl (C=O) groups is 2. The molecule has 1 saturated carbocycles. The lowest BCUT2D eigenvalue weighted by molar-refractivity contribution is -0.141. The minimum absolute atomic E-state index is 0.0896. The lowest BCUT2D eigenvalue weighted by Crippen LogP contribution is -2.39. The molecule has 1 aromatic rings. The molecule has 0 bridgehead atoms. The molecule has 2 aliphatic rings. The Morgan fingerprint density at radius 2 is 1.97 bits per heavy atom. The van der Waals surface area contributed by atoms with Crippen LogP contribution < -0.4 is 4.90 Å². The van der Waals surface area contributed by atoms with E-state index in [1.54, 1.807) is 11.8 Å². The van der Waals surface area contributed by atoms with Gasteiger partial charge in [0, 0.05) is 32.6 Å². The summed E-state index contributed by atoms with van der Waals surface area (Å²) in [5.41, 5.74) is 0.721. The number of ether oxygens (including phenoxy) is 1. The number of methoxy groups -OCH3 is 1. The van der Waals surface area contributed by atoms with Crippen LogP contribution in [0.3, 0.4) is 0 Å². The van der Waals surface area contributed by atoms with E-state index >= 15 is 0 Å². The summed E-state index contributed by atoms with van der Waals surface area (Å²) in [7, 11) is 3.39. The molecular formula is C24H37N3O3S. The summed E-state index contributed by atoms with van der Waals surface area (Å²) in [4.78, 5) is 34.2. The van der Waals surface area contributed by atoms with Crippen LogP contribution in [0.15, 0.2) is 17.2 Å². The van der Waals surface area contributed by atoms with E-state index in [1.165, 1.54) is 26.4 Å². The zero-order valence-corrected chi connectivity index (χ0v) is 20.1. The lowest BCUT2D eigenvalue weighted by atomic mass is 9.94. The van der Waals surface area contributed by atoms with Gasteiger partial charge in [-0.25, -0.2) is 4.98 Å². The van der Waals surface area contributed by atoms with Crippen molar-refractivity contribution in [2.75, 3.05) is 37.9 Å². The average Bonchev–Trinajstić information content (AvgIpc) is 2.82. The first-order valence-electron chi connectivity index (χ1n) is 11.8. The topological polar surface area (TPSA) is 62.7 Å². The molecule has 7 heteroatoms. The van der Waals surface area contributed by atoms with Crippen LogP contribution in [0.4, 0.5) is 5.82 Å². The van der Waals surface area contributed by atoms with Gasteiger partial charge in [-0.05, 0) is 55.9 Å². The Kier molecular flexibility index (Phi) is 9.05. The van der Waals surface area contributed by atoms with E-state index in [1.807, 2.05) is 24.1 Å². The number of pyridine rings is 1. The Morgan fingerprint density at radius 1 is 1.19 bits per heavy atom. The first-order chi connectivity index (χ1) is 15.0. The van der Waals surface area contributed by atoms with Crippen molar-refractivity contribution in [1.82, 2.24) is 9.88 Å². The Labute approximate surface area is 191 Å². The van der Waals surface area contributed by atoms with Crippen LogP contribution >= 0.6 is 11.8 Å². The minimum atomic E-state index is -0.148. The molecule has 0 unspecified atom stereocenters. The zero-order valence-electron chi connectivity index (χ0n) is 19.3. The molecule has 0 spiro atoms. The molecule has 0 aromatic carbocycles. The van der Waals surface area contributed by atoms with Gasteiger partial charge in [-0.3, -0.25) is 9.59 Å². The molecule has 1 saturated heterocycles. The van der Waals surface area contributed by atoms with Gasteiger partial charge in [0.1, 0.15) is 10.8 Å². The molecule has 3 rings (SSSR count). The van der Waals surface area contributed by atoms with Crippen molar-refractivity contribution in [3.8, 4) is 0 Å². The lowest BCUT2D eigenvalue weighted by Gasteiger charge is -2.34. The van der Waals surface area contributed by atoms with E-state index < -0.39 is 0 Å². The highest BCUT2D eigenvalue weighted by Crippen LogP contribution is 2.30. The van der Waals surface area contributed by atoms with Crippen molar-refractivity contribution in [3.63, 3.8) is 0 Å². The molecule has 2 heterocycles. The second kappa shape index (κ2) is 11.7. The fourth-order valence-electron chi connectivity index (χ4n) is 4.66. The Morgan fingerprint density at radius 3 is 2.68 bits per heavy atom. The zero-order chi connectivity index (χ0) is 22.2. The van der Waals surface area contributed by atoms with Gasteiger partial charge >= 0.3 is 5.97 Å². The molecule has 6 nitrogen and oxygen atoms in total. The predicted octanol–water partition coefficient (Wildman–Crippen LogP) is 4.77. The van der Waals surface area contributed by atoms with E-state index in [-0.39, 0.29) is 17.8 Å². The number of hydrogen-bond donors (Lipinski definition) is 0. The minimum Gasteiger partial charge on any atom is -0.469 e. The largest absolute Gasteiger partial charge is 0.469 e. The third-order valence-corrected chi connectivity index (χ3v) is 7.68. The molecule has 0 radical (unpaired) electrons. The molecule has 1 atom stereocenters. The Bertz CT molecular complexity index is 752. The highest BCUT2D eigenvalue weighted by molar-refractivity contribution is 7.99. The van der Waals surface area contributed by atoms with Gasteiger partial charge in [-0.15, -0.1) is 11.8 Å². The summed E-state index contributed by atoms with van der Waals surface area (Å²) in [6.07, 6.45) is 9.44. The van der Waals surface area contributed by atoms with E-state index in [0.717, 1.165) is 67.4 Å². The van der Waals surface area contributed by atoms with Crippen LogP contribution in [0.2, 0.25) is 0 Å². The molecule has 1 aromatic heterocycles. The van der Waals surface area contributed by atoms with Crippen LogP contribution in [0, 0.1) is 5.92 Å². The van der Waals surface area contributed by atoms with Gasteiger partial charge in [0.2, 0.25) is 0 Å². The standard InChI is InChI=1S/C24H37N3O3S/c1-4-15-31-23-20(24(29)26(2)19-10-6-5-7-11-19)12-13-21(25-23)27-14-8-9-18(17-27)16-22(28)30-3/h12-13,18-19H,4-11,14-17H2,1-3H3/t18-/m1/s1. The highest BCUT2D eigenvalue weighted by Gasteiger charge is 2.27. The number of esters is 1. The van der Waals surface area contributed by atoms with Crippen molar-refractivity contribution >= 4 is 29.5 Å². The molecule has 1 amide bonds. The van der Waals surface area contributed by atoms with Crippen LogP contribution in [0.1, 0.15) is 75.1 Å². The second-order valence-corrected chi connectivity index (χ2v) is 9.90. The molecule has 31 heavy (non-hydrogen) atoms. The fraction of sp³-hybridized carbons (Fsp3) is 0.708. The van der Waals surface area contributed by atoms with Crippen LogP contribution in [-0.4, -0.2) is 60.8 Å². The number of carbonyl (C=O) groups excluding carboxylic acids is 2. The summed E-state index contributed by atoms with van der Waals surface area (Å²) in [6.45, 7) is 3.88. The number of amides is 1. The van der Waals surface area contributed by atoms with Crippen LogP contribution in [0.25, 0.3) is 0 Å². The third-order valence-electron chi connectivity index (χ3n) is 6.49. The van der Waals surface area contributed by atoms with Crippen LogP contribution in [-0.2, 0) is 9.53 Å². The second-order valence-electron chi connectivity index (χ2n) is 8.81. The van der Waals surface area contributed by atoms with E-state index in [0.29, 0.717) is 12.5 Å². The maximum atomic E-state index is 13.3. The number of piperidine rings is 1. The fourth-order valence-corrected chi connectivity index (χ4v) is 5.53. The molecule has 1 aliphatic carbocycles. The van der Waals surface area contributed by atoms with Crippen molar-refractivity contribution in [3.05, 3.63) is 17.7 Å². The molecule has 1 aliphatic heterocycles. The summed E-state index contributed by atoms with van der Waals surface area (Å²) >= 11 is 1.67. The molecular weight excluding hydrogens is 410 g/mol. The number of rotatable bonds is 8. The first kappa shape index (κ1) is 23.9. The van der Waals surface area contributed by atoms with Gasteiger partial charge in [0.05, 0.1) is 12.7 Å². The van der Waals surface area contributed by atoms with Gasteiger partial charge in [-0.2, -0.15) is 0 Å². The number of hydrogen-bond acceptors (Lipinski definition) is 6. The van der Waals surface area contributed by atoms with Crippen molar-refractivity contribution in [1.29, 1.82) is 0 Å². The predicted molar refractivity (Wildman–Crippen MR) is 126 cm³/mol.